The number of hydrogen-bond donors (Lipinski definition) is 0. The van der Waals surface area contributed by atoms with Crippen molar-refractivity contribution in [3.8, 4) is 22.3 Å². The van der Waals surface area contributed by atoms with Gasteiger partial charge in [0.05, 0.1) is 16.9 Å². The summed E-state index contributed by atoms with van der Waals surface area (Å²) in [6.45, 7) is 2.10. The van der Waals surface area contributed by atoms with Crippen LogP contribution in [0.4, 0.5) is 5.69 Å². The summed E-state index contributed by atoms with van der Waals surface area (Å²) in [6.07, 6.45) is 25.2. The van der Waals surface area contributed by atoms with Gasteiger partial charge < -0.3 is 0 Å². The number of hydrogen-bond acceptors (Lipinski definition) is 3. The lowest BCUT2D eigenvalue weighted by Gasteiger charge is -2.35. The number of nitrogens with zero attached hydrogens (tertiary/aromatic N) is 3. The van der Waals surface area contributed by atoms with E-state index in [0.717, 1.165) is 52.8 Å². The minimum absolute atomic E-state index is 0.239. The van der Waals surface area contributed by atoms with Crippen LogP contribution in [0.15, 0.2) is 191 Å². The fourth-order valence-electron chi connectivity index (χ4n) is 9.87. The zero-order chi connectivity index (χ0) is 37.9. The van der Waals surface area contributed by atoms with E-state index in [1.165, 1.54) is 66.8 Å². The molecule has 0 radical (unpaired) electrons. The molecular weight excluding hydrogens is 691 g/mol. The van der Waals surface area contributed by atoms with E-state index in [1.807, 2.05) is 18.5 Å². The lowest BCUT2D eigenvalue weighted by Crippen LogP contribution is -2.20. The van der Waals surface area contributed by atoms with E-state index < -0.39 is 0 Å². The maximum atomic E-state index is 5.39. The molecule has 6 aromatic rings. The van der Waals surface area contributed by atoms with Crippen LogP contribution in [0, 0.1) is 5.92 Å². The third kappa shape index (κ3) is 5.60. The molecule has 0 N–H and O–H groups in total. The fourth-order valence-corrected chi connectivity index (χ4v) is 9.87. The molecule has 1 aromatic heterocycles. The Hall–Kier alpha value is -6.71. The third-order valence-corrected chi connectivity index (χ3v) is 12.4. The van der Waals surface area contributed by atoms with E-state index in [9.17, 15) is 0 Å². The van der Waals surface area contributed by atoms with E-state index in [1.54, 1.807) is 0 Å². The highest BCUT2D eigenvalue weighted by molar-refractivity contribution is 6.20. The van der Waals surface area contributed by atoms with Crippen LogP contribution in [0.2, 0.25) is 0 Å². The number of aliphatic imine (C=N–C) groups is 2. The Balaban J connectivity index is 0.991. The van der Waals surface area contributed by atoms with Gasteiger partial charge in [-0.25, -0.2) is 0 Å². The molecule has 0 fully saturated rings. The average Bonchev–Trinajstić information content (AvgIpc) is 3.28. The zero-order valence-corrected chi connectivity index (χ0v) is 31.9. The smallest absolute Gasteiger partial charge is 0.0961 e. The largest absolute Gasteiger partial charge is 0.259 e. The Morgan fingerprint density at radius 1 is 0.719 bits per heavy atom. The van der Waals surface area contributed by atoms with Crippen LogP contribution in [0.5, 0.6) is 0 Å². The van der Waals surface area contributed by atoms with Gasteiger partial charge >= 0.3 is 0 Å². The molecule has 0 amide bonds. The highest BCUT2D eigenvalue weighted by atomic mass is 14.8. The molecule has 0 bridgehead atoms. The number of benzene rings is 5. The Bertz CT molecular complexity index is 2890. The van der Waals surface area contributed by atoms with E-state index in [-0.39, 0.29) is 17.8 Å². The zero-order valence-electron chi connectivity index (χ0n) is 31.9. The lowest BCUT2D eigenvalue weighted by atomic mass is 9.68. The second kappa shape index (κ2) is 13.8. The molecule has 0 spiro atoms. The van der Waals surface area contributed by atoms with Gasteiger partial charge in [-0.1, -0.05) is 134 Å². The Morgan fingerprint density at radius 2 is 1.56 bits per heavy atom. The Morgan fingerprint density at radius 3 is 2.49 bits per heavy atom. The molecule has 272 valence electrons. The number of aromatic nitrogens is 1. The van der Waals surface area contributed by atoms with Crippen LogP contribution in [0.3, 0.4) is 0 Å². The van der Waals surface area contributed by atoms with Crippen molar-refractivity contribution in [2.75, 3.05) is 0 Å². The molecule has 11 rings (SSSR count). The number of dihydropyridines is 1. The molecule has 0 saturated heterocycles. The van der Waals surface area contributed by atoms with Gasteiger partial charge in [-0.15, -0.1) is 0 Å². The first-order valence-electron chi connectivity index (χ1n) is 20.3. The molecular formula is C54H41N3. The maximum absolute atomic E-state index is 5.39. The van der Waals surface area contributed by atoms with Gasteiger partial charge in [0.15, 0.2) is 0 Å². The first-order chi connectivity index (χ1) is 28.2. The quantitative estimate of drug-likeness (QED) is 0.174. The van der Waals surface area contributed by atoms with Crippen LogP contribution >= 0.6 is 0 Å². The number of allylic oxidation sites excluding steroid dienone is 11. The number of pyridine rings is 1. The normalized spacial score (nSPS) is 20.3. The summed E-state index contributed by atoms with van der Waals surface area (Å²) in [6, 6.07) is 42.5. The molecule has 3 heteroatoms. The van der Waals surface area contributed by atoms with Gasteiger partial charge in [0.1, 0.15) is 0 Å². The standard InChI is InChI=1S/C54H41N3/c1-2-13-46-51(34-14-4-3-5-15-34)45-21-8-9-23-50(45)57-52(46)38-17-10-16-35(30-38)36-24-26-42-43-27-25-37(32-49(43)41-20-7-6-19-40(41)48(42)31-36)47-33-39-18-11-28-55-53(39)54-44(47)22-12-29-56-54/h2-11,13-20,23-33,43,45,49H,12,21-22H2,1H3/b13-2-. The van der Waals surface area contributed by atoms with Crippen molar-refractivity contribution in [2.45, 2.75) is 38.0 Å². The van der Waals surface area contributed by atoms with Crippen molar-refractivity contribution in [3.63, 3.8) is 0 Å². The van der Waals surface area contributed by atoms with Crippen LogP contribution in [0.25, 0.3) is 44.3 Å². The third-order valence-electron chi connectivity index (χ3n) is 12.4. The van der Waals surface area contributed by atoms with E-state index in [2.05, 4.69) is 165 Å². The minimum atomic E-state index is 0.239. The number of fused-ring (bicyclic) bond motifs is 10. The van der Waals surface area contributed by atoms with Gasteiger partial charge in [-0.2, -0.15) is 0 Å². The predicted octanol–water partition coefficient (Wildman–Crippen LogP) is 13.3. The molecule has 5 aliphatic rings. The van der Waals surface area contributed by atoms with Crippen molar-refractivity contribution in [3.05, 3.63) is 215 Å². The van der Waals surface area contributed by atoms with Gasteiger partial charge in [-0.05, 0) is 118 Å². The predicted molar refractivity (Wildman–Crippen MR) is 238 cm³/mol. The van der Waals surface area contributed by atoms with Crippen molar-refractivity contribution >= 4 is 39.7 Å². The Kier molecular flexibility index (Phi) is 8.13. The summed E-state index contributed by atoms with van der Waals surface area (Å²) in [7, 11) is 0. The van der Waals surface area contributed by atoms with Gasteiger partial charge in [0.25, 0.3) is 0 Å². The maximum Gasteiger partial charge on any atom is 0.0961 e. The monoisotopic (exact) mass is 731 g/mol. The molecule has 3 nitrogen and oxygen atoms in total. The van der Waals surface area contributed by atoms with Crippen molar-refractivity contribution in [2.24, 2.45) is 15.9 Å². The van der Waals surface area contributed by atoms with Crippen molar-refractivity contribution < 1.29 is 0 Å². The van der Waals surface area contributed by atoms with Gasteiger partial charge in [0, 0.05) is 52.4 Å². The summed E-state index contributed by atoms with van der Waals surface area (Å²) < 4.78 is 0. The highest BCUT2D eigenvalue weighted by Gasteiger charge is 2.34. The SMILES string of the molecule is C/C=C\C1=C(c2ccccc2)C2CC=CC=C2N=C1c1cccc(-c2ccc3c(c2)-c2ccccc2C2C=C(c4cc5cccnc5c5c4CCC=N5)C=CC32)c1. The lowest BCUT2D eigenvalue weighted by molar-refractivity contribution is 0.722. The van der Waals surface area contributed by atoms with E-state index >= 15 is 0 Å². The van der Waals surface area contributed by atoms with E-state index in [0.29, 0.717) is 0 Å². The number of rotatable bonds is 5. The molecule has 3 heterocycles. The van der Waals surface area contributed by atoms with Crippen molar-refractivity contribution in [1.82, 2.24) is 4.98 Å². The highest BCUT2D eigenvalue weighted by Crippen LogP contribution is 2.52. The second-order valence-corrected chi connectivity index (χ2v) is 15.6. The van der Waals surface area contributed by atoms with Crippen LogP contribution in [-0.2, 0) is 6.42 Å². The van der Waals surface area contributed by atoms with Crippen LogP contribution in [0.1, 0.15) is 65.0 Å². The van der Waals surface area contributed by atoms with Gasteiger partial charge in [-0.3, -0.25) is 15.0 Å². The molecule has 57 heavy (non-hydrogen) atoms. The summed E-state index contributed by atoms with van der Waals surface area (Å²) in [5, 5.41) is 1.14. The second-order valence-electron chi connectivity index (χ2n) is 15.6. The fraction of sp³-hybridized carbons (Fsp3) is 0.130. The molecule has 3 unspecified atom stereocenters. The molecule has 0 saturated carbocycles. The average molecular weight is 732 g/mol. The van der Waals surface area contributed by atoms with Crippen LogP contribution < -0.4 is 0 Å². The summed E-state index contributed by atoms with van der Waals surface area (Å²) in [5.74, 6) is 0.731. The first kappa shape index (κ1) is 33.6. The van der Waals surface area contributed by atoms with Crippen LogP contribution in [-0.4, -0.2) is 16.9 Å². The molecule has 3 atom stereocenters. The molecule has 2 aliphatic heterocycles. The molecule has 5 aromatic carbocycles. The first-order valence-corrected chi connectivity index (χ1v) is 20.3. The summed E-state index contributed by atoms with van der Waals surface area (Å²) >= 11 is 0. The van der Waals surface area contributed by atoms with Crippen molar-refractivity contribution in [1.29, 1.82) is 0 Å². The topological polar surface area (TPSA) is 37.6 Å². The van der Waals surface area contributed by atoms with Gasteiger partial charge in [0.2, 0.25) is 0 Å². The minimum Gasteiger partial charge on any atom is -0.259 e. The summed E-state index contributed by atoms with van der Waals surface area (Å²) in [5.41, 5.74) is 20.8. The Labute approximate surface area is 334 Å². The van der Waals surface area contributed by atoms with E-state index in [4.69, 9.17) is 15.0 Å². The molecule has 3 aliphatic carbocycles. The summed E-state index contributed by atoms with van der Waals surface area (Å²) in [4.78, 5) is 15.0.